The van der Waals surface area contributed by atoms with Gasteiger partial charge in [-0.2, -0.15) is 0 Å². The van der Waals surface area contributed by atoms with E-state index in [4.69, 9.17) is 6.58 Å². The molecule has 0 unspecified atom stereocenters. The Labute approximate surface area is 44.4 Å². The number of hydrogen-bond acceptors (Lipinski definition) is 1. The molecular weight excluding hydrogens is 86.1 g/mol. The monoisotopic (exact) mass is 96.1 g/mol. The van der Waals surface area contributed by atoms with Gasteiger partial charge in [-0.15, -0.1) is 0 Å². The van der Waals surface area contributed by atoms with Crippen LogP contribution < -0.4 is 5.32 Å². The summed E-state index contributed by atoms with van der Waals surface area (Å²) in [5, 5.41) is 3.21. The Balaban J connectivity index is 2.25. The number of piperidine rings is 1. The second kappa shape index (κ2) is 2.12. The minimum absolute atomic E-state index is 1.07. The van der Waals surface area contributed by atoms with Crippen LogP contribution in [-0.4, -0.2) is 13.1 Å². The fraction of sp³-hybridized carbons (Fsp3) is 0.667. The fourth-order valence-electron chi connectivity index (χ4n) is 0.748. The Morgan fingerprint density at radius 3 is 2.14 bits per heavy atom. The van der Waals surface area contributed by atoms with Crippen LogP contribution in [0.15, 0.2) is 5.57 Å². The molecule has 0 aliphatic carbocycles. The van der Waals surface area contributed by atoms with Gasteiger partial charge in [0.25, 0.3) is 0 Å². The summed E-state index contributed by atoms with van der Waals surface area (Å²) >= 11 is 0. The van der Waals surface area contributed by atoms with Crippen LogP contribution in [0.4, 0.5) is 0 Å². The lowest BCUT2D eigenvalue weighted by molar-refractivity contribution is 0.610. The molecule has 1 aliphatic heterocycles. The Hall–Kier alpha value is -0.300. The van der Waals surface area contributed by atoms with Gasteiger partial charge in [0.1, 0.15) is 0 Å². The molecule has 0 bridgehead atoms. The van der Waals surface area contributed by atoms with Crippen LogP contribution in [-0.2, 0) is 0 Å². The molecule has 0 aromatic heterocycles. The average Bonchev–Trinajstić information content (AvgIpc) is 1.69. The zero-order valence-electron chi connectivity index (χ0n) is 4.41. The summed E-state index contributed by atoms with van der Waals surface area (Å²) in [6, 6.07) is 0. The Kier molecular flexibility index (Phi) is 1.47. The van der Waals surface area contributed by atoms with E-state index < -0.39 is 0 Å². The smallest absolute Gasteiger partial charge is 0.00114 e. The van der Waals surface area contributed by atoms with Crippen molar-refractivity contribution < 1.29 is 0 Å². The van der Waals surface area contributed by atoms with Gasteiger partial charge < -0.3 is 5.32 Å². The molecule has 1 heteroatoms. The third-order valence-electron chi connectivity index (χ3n) is 1.25. The van der Waals surface area contributed by atoms with Crippen LogP contribution in [0, 0.1) is 6.58 Å². The van der Waals surface area contributed by atoms with E-state index in [0.29, 0.717) is 0 Å². The van der Waals surface area contributed by atoms with Crippen molar-refractivity contribution >= 4 is 0 Å². The number of rotatable bonds is 0. The molecule has 1 heterocycles. The summed E-state index contributed by atoms with van der Waals surface area (Å²) in [6.45, 7) is 7.66. The van der Waals surface area contributed by atoms with Gasteiger partial charge in [-0.25, -0.2) is 0 Å². The normalized spacial score (nSPS) is 22.6. The highest BCUT2D eigenvalue weighted by Gasteiger charge is 1.99. The quantitative estimate of drug-likeness (QED) is 0.468. The van der Waals surface area contributed by atoms with Crippen LogP contribution >= 0.6 is 0 Å². The maximum Gasteiger partial charge on any atom is -0.00114 e. The SMILES string of the molecule is [CH]=C1CCNCC1. The predicted octanol–water partition coefficient (Wildman–Crippen LogP) is 0.729. The zero-order valence-corrected chi connectivity index (χ0v) is 4.41. The predicted molar refractivity (Wildman–Crippen MR) is 29.9 cm³/mol. The van der Waals surface area contributed by atoms with Crippen LogP contribution in [0.3, 0.4) is 0 Å². The van der Waals surface area contributed by atoms with Gasteiger partial charge in [0, 0.05) is 0 Å². The summed E-state index contributed by atoms with van der Waals surface area (Å²) in [5.74, 6) is 0. The van der Waals surface area contributed by atoms with Gasteiger partial charge in [0.15, 0.2) is 0 Å². The third-order valence-corrected chi connectivity index (χ3v) is 1.25. The van der Waals surface area contributed by atoms with Crippen LogP contribution in [0.5, 0.6) is 0 Å². The van der Waals surface area contributed by atoms with E-state index in [1.807, 2.05) is 0 Å². The molecule has 1 radical (unpaired) electrons. The molecule has 1 saturated heterocycles. The molecule has 0 aromatic rings. The summed E-state index contributed by atoms with van der Waals surface area (Å²) < 4.78 is 0. The highest BCUT2D eigenvalue weighted by molar-refractivity contribution is 4.95. The highest BCUT2D eigenvalue weighted by atomic mass is 14.9. The molecule has 0 aromatic carbocycles. The topological polar surface area (TPSA) is 12.0 Å². The first-order valence-corrected chi connectivity index (χ1v) is 2.70. The van der Waals surface area contributed by atoms with Crippen molar-refractivity contribution in [2.45, 2.75) is 12.8 Å². The maximum atomic E-state index is 5.51. The first-order valence-electron chi connectivity index (χ1n) is 2.70. The van der Waals surface area contributed by atoms with Crippen molar-refractivity contribution in [3.63, 3.8) is 0 Å². The molecule has 1 nitrogen and oxygen atoms in total. The van der Waals surface area contributed by atoms with Crippen LogP contribution in [0.25, 0.3) is 0 Å². The molecule has 7 heavy (non-hydrogen) atoms. The molecule has 1 aliphatic rings. The lowest BCUT2D eigenvalue weighted by Gasteiger charge is -2.12. The Morgan fingerprint density at radius 1 is 1.29 bits per heavy atom. The van der Waals surface area contributed by atoms with Gasteiger partial charge >= 0.3 is 0 Å². The lowest BCUT2D eigenvalue weighted by atomic mass is 10.1. The first-order chi connectivity index (χ1) is 3.39. The number of hydrogen-bond donors (Lipinski definition) is 1. The van der Waals surface area contributed by atoms with Gasteiger partial charge in [0.05, 0.1) is 0 Å². The van der Waals surface area contributed by atoms with E-state index in [9.17, 15) is 0 Å². The second-order valence-electron chi connectivity index (χ2n) is 1.91. The van der Waals surface area contributed by atoms with Crippen molar-refractivity contribution in [1.82, 2.24) is 5.32 Å². The first kappa shape index (κ1) is 4.85. The van der Waals surface area contributed by atoms with Crippen LogP contribution in [0.2, 0.25) is 0 Å². The molecular formula is C6H10N. The van der Waals surface area contributed by atoms with Gasteiger partial charge in [-0.1, -0.05) is 12.2 Å². The van der Waals surface area contributed by atoms with E-state index in [2.05, 4.69) is 5.32 Å². The number of nitrogens with one attached hydrogen (secondary N) is 1. The van der Waals surface area contributed by atoms with Crippen molar-refractivity contribution in [3.8, 4) is 0 Å². The third kappa shape index (κ3) is 1.32. The van der Waals surface area contributed by atoms with E-state index >= 15 is 0 Å². The van der Waals surface area contributed by atoms with Crippen LogP contribution in [0.1, 0.15) is 12.8 Å². The van der Waals surface area contributed by atoms with Gasteiger partial charge in [0.2, 0.25) is 0 Å². The molecule has 39 valence electrons. The summed E-state index contributed by atoms with van der Waals surface area (Å²) in [7, 11) is 0. The zero-order chi connectivity index (χ0) is 5.11. The highest BCUT2D eigenvalue weighted by Crippen LogP contribution is 2.04. The Morgan fingerprint density at radius 2 is 1.86 bits per heavy atom. The molecule has 0 amide bonds. The van der Waals surface area contributed by atoms with E-state index in [-0.39, 0.29) is 0 Å². The van der Waals surface area contributed by atoms with E-state index in [0.717, 1.165) is 31.5 Å². The van der Waals surface area contributed by atoms with Crippen molar-refractivity contribution in [2.24, 2.45) is 0 Å². The van der Waals surface area contributed by atoms with Gasteiger partial charge in [-0.05, 0) is 25.9 Å². The molecule has 1 fully saturated rings. The Bertz CT molecular complexity index is 68.2. The molecule has 1 rings (SSSR count). The molecule has 0 saturated carbocycles. The van der Waals surface area contributed by atoms with E-state index in [1.165, 1.54) is 0 Å². The summed E-state index contributed by atoms with van der Waals surface area (Å²) in [5.41, 5.74) is 1.15. The van der Waals surface area contributed by atoms with E-state index in [1.54, 1.807) is 0 Å². The summed E-state index contributed by atoms with van der Waals surface area (Å²) in [6.07, 6.45) is 2.14. The summed E-state index contributed by atoms with van der Waals surface area (Å²) in [4.78, 5) is 0. The molecule has 0 spiro atoms. The fourth-order valence-corrected chi connectivity index (χ4v) is 0.748. The van der Waals surface area contributed by atoms with Crippen molar-refractivity contribution in [2.75, 3.05) is 13.1 Å². The minimum Gasteiger partial charge on any atom is -0.316 e. The molecule has 0 atom stereocenters. The molecule has 1 N–H and O–H groups in total. The van der Waals surface area contributed by atoms with Crippen molar-refractivity contribution in [3.05, 3.63) is 12.2 Å². The van der Waals surface area contributed by atoms with Gasteiger partial charge in [-0.3, -0.25) is 0 Å². The largest absolute Gasteiger partial charge is 0.316 e. The second-order valence-corrected chi connectivity index (χ2v) is 1.91. The standard InChI is InChI=1S/C6H10N/c1-6-2-4-7-5-3-6/h1,7H,2-5H2. The van der Waals surface area contributed by atoms with Crippen molar-refractivity contribution in [1.29, 1.82) is 0 Å². The minimum atomic E-state index is 1.07. The lowest BCUT2D eigenvalue weighted by Crippen LogP contribution is -2.22. The average molecular weight is 96.2 g/mol. The maximum absolute atomic E-state index is 5.51.